The molecule has 7 heteroatoms. The van der Waals surface area contributed by atoms with E-state index in [0.29, 0.717) is 25.3 Å². The van der Waals surface area contributed by atoms with Crippen molar-refractivity contribution in [3.63, 3.8) is 0 Å². The lowest BCUT2D eigenvalue weighted by atomic mass is 10.00. The number of carbonyl (C=O) groups excluding carboxylic acids is 1. The van der Waals surface area contributed by atoms with Gasteiger partial charge in [0.15, 0.2) is 0 Å². The molecule has 1 heterocycles. The van der Waals surface area contributed by atoms with Gasteiger partial charge in [-0.05, 0) is 62.8 Å². The third kappa shape index (κ3) is 3.78. The Morgan fingerprint density at radius 3 is 2.54 bits per heavy atom. The summed E-state index contributed by atoms with van der Waals surface area (Å²) in [5, 5.41) is 0. The molecule has 1 aliphatic carbocycles. The molecule has 2 unspecified atom stereocenters. The maximum Gasteiger partial charge on any atom is 0.310 e. The smallest absolute Gasteiger partial charge is 0.310 e. The number of piperidine rings is 1. The lowest BCUT2D eigenvalue weighted by Crippen LogP contribution is -2.43. The van der Waals surface area contributed by atoms with E-state index in [1.165, 1.54) is 16.4 Å². The summed E-state index contributed by atoms with van der Waals surface area (Å²) in [6.07, 6.45) is 3.32. The lowest BCUT2D eigenvalue weighted by molar-refractivity contribution is -0.155. The van der Waals surface area contributed by atoms with Crippen LogP contribution in [-0.2, 0) is 19.6 Å². The van der Waals surface area contributed by atoms with Crippen LogP contribution in [0.25, 0.3) is 0 Å². The Morgan fingerprint density at radius 1 is 1.25 bits per heavy atom. The molecule has 0 radical (unpaired) electrons. The highest BCUT2D eigenvalue weighted by Crippen LogP contribution is 2.35. The maximum atomic E-state index is 13.0. The summed E-state index contributed by atoms with van der Waals surface area (Å²) >= 11 is 0. The first-order valence-electron chi connectivity index (χ1n) is 8.34. The van der Waals surface area contributed by atoms with Gasteiger partial charge in [-0.1, -0.05) is 0 Å². The summed E-state index contributed by atoms with van der Waals surface area (Å²) in [5.41, 5.74) is 0. The summed E-state index contributed by atoms with van der Waals surface area (Å²) < 4.78 is 45.1. The predicted octanol–water partition coefficient (Wildman–Crippen LogP) is 2.57. The molecule has 132 valence electrons. The SMILES string of the molecule is CC(OC(=O)C1CCCN(S(=O)(=O)c2ccc(F)cc2)C1)C1CC1. The Morgan fingerprint density at radius 2 is 1.92 bits per heavy atom. The van der Waals surface area contributed by atoms with Gasteiger partial charge >= 0.3 is 5.97 Å². The number of benzene rings is 1. The molecule has 5 nitrogen and oxygen atoms in total. The van der Waals surface area contributed by atoms with Crippen LogP contribution in [0.2, 0.25) is 0 Å². The minimum absolute atomic E-state index is 0.0456. The van der Waals surface area contributed by atoms with Gasteiger partial charge in [-0.15, -0.1) is 0 Å². The predicted molar refractivity (Wildman–Crippen MR) is 86.2 cm³/mol. The minimum Gasteiger partial charge on any atom is -0.462 e. The molecule has 0 spiro atoms. The molecule has 1 saturated heterocycles. The van der Waals surface area contributed by atoms with E-state index in [0.717, 1.165) is 25.0 Å². The number of esters is 1. The molecule has 0 bridgehead atoms. The Hall–Kier alpha value is -1.47. The molecule has 1 aliphatic heterocycles. The number of hydrogen-bond donors (Lipinski definition) is 0. The standard InChI is InChI=1S/C17H22FNO4S/c1-12(13-4-5-13)23-17(20)14-3-2-10-19(11-14)24(21,22)16-8-6-15(18)7-9-16/h6-9,12-14H,2-5,10-11H2,1H3. The average Bonchev–Trinajstić information content (AvgIpc) is 3.40. The number of nitrogens with zero attached hydrogens (tertiary/aromatic N) is 1. The van der Waals surface area contributed by atoms with Gasteiger partial charge < -0.3 is 4.74 Å². The second-order valence-electron chi connectivity index (χ2n) is 6.64. The van der Waals surface area contributed by atoms with Crippen LogP contribution >= 0.6 is 0 Å². The zero-order chi connectivity index (χ0) is 17.3. The van der Waals surface area contributed by atoms with Gasteiger partial charge in [-0.25, -0.2) is 12.8 Å². The van der Waals surface area contributed by atoms with Gasteiger partial charge in [0, 0.05) is 13.1 Å². The van der Waals surface area contributed by atoms with Crippen LogP contribution < -0.4 is 0 Å². The van der Waals surface area contributed by atoms with Crippen molar-refractivity contribution in [2.24, 2.45) is 11.8 Å². The molecule has 2 atom stereocenters. The van der Waals surface area contributed by atoms with Crippen LogP contribution in [0.1, 0.15) is 32.6 Å². The van der Waals surface area contributed by atoms with E-state index >= 15 is 0 Å². The van der Waals surface area contributed by atoms with Crippen molar-refractivity contribution < 1.29 is 22.3 Å². The number of carbonyl (C=O) groups is 1. The van der Waals surface area contributed by atoms with Crippen LogP contribution in [0.4, 0.5) is 4.39 Å². The number of hydrogen-bond acceptors (Lipinski definition) is 4. The van der Waals surface area contributed by atoms with E-state index in [1.54, 1.807) is 0 Å². The number of sulfonamides is 1. The molecule has 3 rings (SSSR count). The highest BCUT2D eigenvalue weighted by atomic mass is 32.2. The van der Waals surface area contributed by atoms with Crippen molar-refractivity contribution in [3.05, 3.63) is 30.1 Å². The Labute approximate surface area is 141 Å². The lowest BCUT2D eigenvalue weighted by Gasteiger charge is -2.31. The van der Waals surface area contributed by atoms with Crippen LogP contribution in [0, 0.1) is 17.7 Å². The van der Waals surface area contributed by atoms with Gasteiger partial charge in [0.05, 0.1) is 10.8 Å². The second kappa shape index (κ2) is 6.80. The maximum absolute atomic E-state index is 13.0. The van der Waals surface area contributed by atoms with E-state index in [1.807, 2.05) is 6.92 Å². The number of halogens is 1. The van der Waals surface area contributed by atoms with Gasteiger partial charge in [0.1, 0.15) is 11.9 Å². The fourth-order valence-corrected chi connectivity index (χ4v) is 4.57. The molecule has 0 amide bonds. The van der Waals surface area contributed by atoms with E-state index in [4.69, 9.17) is 4.74 Å². The first-order valence-corrected chi connectivity index (χ1v) is 9.78. The molecule has 2 fully saturated rings. The zero-order valence-corrected chi connectivity index (χ0v) is 14.5. The van der Waals surface area contributed by atoms with E-state index in [2.05, 4.69) is 0 Å². The van der Waals surface area contributed by atoms with Gasteiger partial charge in [0.2, 0.25) is 10.0 Å². The third-order valence-corrected chi connectivity index (χ3v) is 6.64. The highest BCUT2D eigenvalue weighted by Gasteiger charge is 2.36. The average molecular weight is 355 g/mol. The fraction of sp³-hybridized carbons (Fsp3) is 0.588. The molecule has 0 aromatic heterocycles. The molecular formula is C17H22FNO4S. The first-order chi connectivity index (χ1) is 11.4. The van der Waals surface area contributed by atoms with E-state index in [9.17, 15) is 17.6 Å². The zero-order valence-electron chi connectivity index (χ0n) is 13.7. The summed E-state index contributed by atoms with van der Waals surface area (Å²) in [4.78, 5) is 12.3. The van der Waals surface area contributed by atoms with Gasteiger partial charge in [-0.3, -0.25) is 4.79 Å². The summed E-state index contributed by atoms with van der Waals surface area (Å²) in [7, 11) is -3.72. The van der Waals surface area contributed by atoms with E-state index < -0.39 is 21.8 Å². The fourth-order valence-electron chi connectivity index (χ4n) is 3.05. The molecule has 2 aliphatic rings. The summed E-state index contributed by atoms with van der Waals surface area (Å²) in [5.74, 6) is -0.775. The van der Waals surface area contributed by atoms with Crippen LogP contribution in [-0.4, -0.2) is 37.9 Å². The third-order valence-electron chi connectivity index (χ3n) is 4.76. The molecular weight excluding hydrogens is 333 g/mol. The summed E-state index contributed by atoms with van der Waals surface area (Å²) in [6.45, 7) is 2.38. The highest BCUT2D eigenvalue weighted by molar-refractivity contribution is 7.89. The molecule has 1 aromatic rings. The van der Waals surface area contributed by atoms with Crippen molar-refractivity contribution in [2.45, 2.75) is 43.6 Å². The normalized spacial score (nSPS) is 23.7. The number of ether oxygens (including phenoxy) is 1. The van der Waals surface area contributed by atoms with Gasteiger partial charge in [-0.2, -0.15) is 4.31 Å². The van der Waals surface area contributed by atoms with Gasteiger partial charge in [0.25, 0.3) is 0 Å². The van der Waals surface area contributed by atoms with Crippen LogP contribution in [0.5, 0.6) is 0 Å². The quantitative estimate of drug-likeness (QED) is 0.762. The van der Waals surface area contributed by atoms with Crippen LogP contribution in [0.3, 0.4) is 0 Å². The van der Waals surface area contributed by atoms with E-state index in [-0.39, 0.29) is 23.5 Å². The number of rotatable bonds is 5. The molecule has 24 heavy (non-hydrogen) atoms. The van der Waals surface area contributed by atoms with Crippen molar-refractivity contribution in [1.82, 2.24) is 4.31 Å². The molecule has 1 aromatic carbocycles. The molecule has 0 N–H and O–H groups in total. The second-order valence-corrected chi connectivity index (χ2v) is 8.57. The Kier molecular flexibility index (Phi) is 4.92. The Balaban J connectivity index is 1.67. The van der Waals surface area contributed by atoms with Crippen molar-refractivity contribution in [1.29, 1.82) is 0 Å². The molecule has 1 saturated carbocycles. The van der Waals surface area contributed by atoms with Crippen molar-refractivity contribution in [2.75, 3.05) is 13.1 Å². The van der Waals surface area contributed by atoms with Crippen LogP contribution in [0.15, 0.2) is 29.2 Å². The topological polar surface area (TPSA) is 63.7 Å². The Bertz CT molecular complexity index is 700. The van der Waals surface area contributed by atoms with Crippen molar-refractivity contribution in [3.8, 4) is 0 Å². The largest absolute Gasteiger partial charge is 0.462 e. The first kappa shape index (κ1) is 17.4. The minimum atomic E-state index is -3.72. The summed E-state index contributed by atoms with van der Waals surface area (Å²) in [6, 6.07) is 4.75. The monoisotopic (exact) mass is 355 g/mol. The van der Waals surface area contributed by atoms with Crippen molar-refractivity contribution >= 4 is 16.0 Å².